The number of hydrogen-bond donors (Lipinski definition) is 5. The summed E-state index contributed by atoms with van der Waals surface area (Å²) in [6.07, 6.45) is -3.24. The molecule has 10 nitrogen and oxygen atoms in total. The van der Waals surface area contributed by atoms with Gasteiger partial charge in [0.25, 0.3) is 5.91 Å². The van der Waals surface area contributed by atoms with Crippen molar-refractivity contribution in [2.75, 3.05) is 13.3 Å². The van der Waals surface area contributed by atoms with Crippen LogP contribution >= 0.6 is 0 Å². The van der Waals surface area contributed by atoms with Crippen LogP contribution in [0.15, 0.2) is 5.10 Å². The smallest absolute Gasteiger partial charge is 0.336 e. The molecule has 0 aromatic heterocycles. The Bertz CT molecular complexity index is 379. The number of aliphatic hydroxyl groups excluding tert-OH is 3. The summed E-state index contributed by atoms with van der Waals surface area (Å²) in [4.78, 5) is 11.9. The Balaban J connectivity index is 2.14. The zero-order valence-corrected chi connectivity index (χ0v) is 9.25. The molecule has 2 heterocycles. The van der Waals surface area contributed by atoms with Gasteiger partial charge in [0.15, 0.2) is 6.10 Å². The molecule has 0 aromatic rings. The van der Waals surface area contributed by atoms with Crippen molar-refractivity contribution in [3.05, 3.63) is 0 Å². The number of urea groups is 1. The third kappa shape index (κ3) is 1.79. The molecule has 0 radical (unpaired) electrons. The molecule has 18 heavy (non-hydrogen) atoms. The van der Waals surface area contributed by atoms with E-state index in [1.54, 1.807) is 0 Å². The molecule has 10 heteroatoms. The van der Waals surface area contributed by atoms with Gasteiger partial charge < -0.3 is 30.9 Å². The molecular weight excluding hydrogens is 248 g/mol. The first-order chi connectivity index (χ1) is 8.40. The number of carbonyl (C=O) groups excluding carboxylic acids is 1. The Labute approximate surface area is 101 Å². The van der Waals surface area contributed by atoms with E-state index in [2.05, 4.69) is 5.10 Å². The van der Waals surface area contributed by atoms with Crippen LogP contribution in [0.1, 0.15) is 0 Å². The largest absolute Gasteiger partial charge is 0.394 e. The van der Waals surface area contributed by atoms with E-state index in [0.717, 1.165) is 16.2 Å². The van der Waals surface area contributed by atoms with Gasteiger partial charge in [-0.2, -0.15) is 10.1 Å². The van der Waals surface area contributed by atoms with Gasteiger partial charge >= 0.3 is 6.03 Å². The summed E-state index contributed by atoms with van der Waals surface area (Å²) in [7, 11) is 0. The van der Waals surface area contributed by atoms with Crippen molar-refractivity contribution in [1.82, 2.24) is 9.91 Å². The van der Waals surface area contributed by atoms with Crippen molar-refractivity contribution >= 4 is 12.4 Å². The van der Waals surface area contributed by atoms with Gasteiger partial charge in [-0.1, -0.05) is 0 Å². The predicted octanol–water partition coefficient (Wildman–Crippen LogP) is -3.66. The van der Waals surface area contributed by atoms with Crippen molar-refractivity contribution < 1.29 is 30.0 Å². The van der Waals surface area contributed by atoms with E-state index in [1.165, 1.54) is 0 Å². The van der Waals surface area contributed by atoms with Gasteiger partial charge in [0.2, 0.25) is 0 Å². The quantitative estimate of drug-likeness (QED) is 0.344. The fraction of sp³-hybridized carbons (Fsp3) is 0.750. The van der Waals surface area contributed by atoms with Gasteiger partial charge in [0.05, 0.1) is 6.61 Å². The summed E-state index contributed by atoms with van der Waals surface area (Å²) < 4.78 is 5.00. The highest BCUT2D eigenvalue weighted by Crippen LogP contribution is 2.32. The molecule has 0 aliphatic carbocycles. The third-order valence-corrected chi connectivity index (χ3v) is 2.88. The normalized spacial score (nSPS) is 39.7. The van der Waals surface area contributed by atoms with Crippen LogP contribution in [0.2, 0.25) is 0 Å². The lowest BCUT2D eigenvalue weighted by atomic mass is 10.1. The lowest BCUT2D eigenvalue weighted by Gasteiger charge is -2.34. The first-order valence-corrected chi connectivity index (χ1v) is 5.15. The van der Waals surface area contributed by atoms with E-state index in [4.69, 9.17) is 15.6 Å². The van der Waals surface area contributed by atoms with E-state index in [1.807, 2.05) is 0 Å². The Hall–Kier alpha value is -1.46. The predicted molar refractivity (Wildman–Crippen MR) is 55.5 cm³/mol. The van der Waals surface area contributed by atoms with E-state index in [-0.39, 0.29) is 6.67 Å². The second-order valence-corrected chi connectivity index (χ2v) is 4.01. The van der Waals surface area contributed by atoms with Gasteiger partial charge in [0.1, 0.15) is 25.2 Å². The average Bonchev–Trinajstić information content (AvgIpc) is 2.90. The number of carbonyl (C=O) groups is 1. The first-order valence-electron chi connectivity index (χ1n) is 5.15. The van der Waals surface area contributed by atoms with Gasteiger partial charge in [0, 0.05) is 0 Å². The molecular formula is C8H14N4O6. The van der Waals surface area contributed by atoms with Crippen LogP contribution in [0.3, 0.4) is 0 Å². The second-order valence-electron chi connectivity index (χ2n) is 4.01. The molecule has 102 valence electrons. The Morgan fingerprint density at radius 2 is 2.28 bits per heavy atom. The molecule has 4 atom stereocenters. The number of primary amides is 1. The standard InChI is InChI=1S/C8H14N4O6/c9-7(16)12-3-11(2-10-12)8(17)6(15)5(14)4(1-13)18-8/h2,4-6,13-15,17H,1,3H2,(H2,9,16)/t4-,5-,6-,8+/m1/s1. The number of amides is 2. The summed E-state index contributed by atoms with van der Waals surface area (Å²) in [5.74, 6) is -2.28. The van der Waals surface area contributed by atoms with Crippen molar-refractivity contribution in [1.29, 1.82) is 0 Å². The molecule has 0 bridgehead atoms. The Kier molecular flexibility index (Phi) is 3.12. The molecule has 0 spiro atoms. The molecule has 0 saturated carbocycles. The third-order valence-electron chi connectivity index (χ3n) is 2.88. The van der Waals surface area contributed by atoms with E-state index >= 15 is 0 Å². The van der Waals surface area contributed by atoms with E-state index in [0.29, 0.717) is 0 Å². The van der Waals surface area contributed by atoms with Crippen LogP contribution in [0.4, 0.5) is 4.79 Å². The maximum Gasteiger partial charge on any atom is 0.336 e. The molecule has 0 unspecified atom stereocenters. The molecule has 2 aliphatic heterocycles. The molecule has 6 N–H and O–H groups in total. The number of hydrazone groups is 1. The van der Waals surface area contributed by atoms with Crippen LogP contribution in [-0.2, 0) is 4.74 Å². The Morgan fingerprint density at radius 1 is 1.61 bits per heavy atom. The number of rotatable bonds is 2. The zero-order valence-electron chi connectivity index (χ0n) is 9.25. The minimum Gasteiger partial charge on any atom is -0.394 e. The summed E-state index contributed by atoms with van der Waals surface area (Å²) in [5.41, 5.74) is 4.99. The van der Waals surface area contributed by atoms with Crippen LogP contribution in [-0.4, -0.2) is 80.2 Å². The number of hydrogen-bond acceptors (Lipinski definition) is 8. The summed E-state index contributed by atoms with van der Waals surface area (Å²) in [6, 6.07) is -0.843. The van der Waals surface area contributed by atoms with Crippen LogP contribution < -0.4 is 5.73 Å². The highest BCUT2D eigenvalue weighted by Gasteiger charge is 2.57. The first kappa shape index (κ1) is 13.0. The zero-order chi connectivity index (χ0) is 13.5. The number of ether oxygens (including phenoxy) is 1. The molecule has 1 fully saturated rings. The van der Waals surface area contributed by atoms with Crippen LogP contribution in [0.5, 0.6) is 0 Å². The number of nitrogens with two attached hydrogens (primary N) is 1. The topological polar surface area (TPSA) is 152 Å². The van der Waals surface area contributed by atoms with Crippen molar-refractivity contribution in [2.24, 2.45) is 10.8 Å². The molecule has 2 amide bonds. The van der Waals surface area contributed by atoms with Gasteiger partial charge in [-0.05, 0) is 0 Å². The van der Waals surface area contributed by atoms with Gasteiger partial charge in [-0.3, -0.25) is 4.90 Å². The van der Waals surface area contributed by atoms with Gasteiger partial charge in [-0.25, -0.2) is 4.79 Å². The lowest BCUT2D eigenvalue weighted by molar-refractivity contribution is -0.294. The summed E-state index contributed by atoms with van der Waals surface area (Å²) in [6.45, 7) is -0.821. The summed E-state index contributed by atoms with van der Waals surface area (Å²) in [5, 5.41) is 42.8. The Morgan fingerprint density at radius 3 is 2.72 bits per heavy atom. The average molecular weight is 262 g/mol. The van der Waals surface area contributed by atoms with Crippen LogP contribution in [0, 0.1) is 0 Å². The molecule has 0 aromatic carbocycles. The minimum absolute atomic E-state index is 0.242. The monoisotopic (exact) mass is 262 g/mol. The maximum absolute atomic E-state index is 10.9. The molecule has 2 rings (SSSR count). The van der Waals surface area contributed by atoms with E-state index in [9.17, 15) is 20.1 Å². The highest BCUT2D eigenvalue weighted by molar-refractivity contribution is 5.74. The fourth-order valence-electron chi connectivity index (χ4n) is 1.82. The van der Waals surface area contributed by atoms with Crippen LogP contribution in [0.25, 0.3) is 0 Å². The highest BCUT2D eigenvalue weighted by atomic mass is 16.7. The SMILES string of the molecule is NC(=O)N1CN([C@@]2(O)O[C@H](CO)[C@@H](O)[C@H]2O)C=N1. The molecule has 1 saturated heterocycles. The second kappa shape index (κ2) is 4.33. The lowest BCUT2D eigenvalue weighted by Crippen LogP contribution is -2.57. The number of aliphatic hydroxyl groups is 4. The summed E-state index contributed by atoms with van der Waals surface area (Å²) >= 11 is 0. The fourth-order valence-corrected chi connectivity index (χ4v) is 1.82. The number of nitrogens with zero attached hydrogens (tertiary/aromatic N) is 3. The maximum atomic E-state index is 10.9. The van der Waals surface area contributed by atoms with Crippen molar-refractivity contribution in [2.45, 2.75) is 24.2 Å². The minimum atomic E-state index is -2.28. The van der Waals surface area contributed by atoms with Gasteiger partial charge in [-0.15, -0.1) is 0 Å². The van der Waals surface area contributed by atoms with Crippen molar-refractivity contribution in [3.8, 4) is 0 Å². The van der Waals surface area contributed by atoms with Crippen molar-refractivity contribution in [3.63, 3.8) is 0 Å². The molecule has 2 aliphatic rings. The van der Waals surface area contributed by atoms with E-state index < -0.39 is 36.9 Å².